The molecular formula is C17H22N2O3. The molecule has 2 N–H and O–H groups in total. The molecule has 1 saturated carbocycles. The van der Waals surface area contributed by atoms with Gasteiger partial charge < -0.3 is 15.4 Å². The first kappa shape index (κ1) is 14.9. The van der Waals surface area contributed by atoms with Gasteiger partial charge in [-0.05, 0) is 38.3 Å². The fourth-order valence-electron chi connectivity index (χ4n) is 3.52. The predicted octanol–water partition coefficient (Wildman–Crippen LogP) is 2.43. The second-order valence-corrected chi connectivity index (χ2v) is 6.01. The van der Waals surface area contributed by atoms with E-state index in [-0.39, 0.29) is 5.91 Å². The SMILES string of the molecule is CCOC(=O)[C@H](C)NC(=O)c1cccc2c1NC1CCCC21. The third kappa shape index (κ3) is 2.56. The van der Waals surface area contributed by atoms with E-state index in [9.17, 15) is 9.59 Å². The summed E-state index contributed by atoms with van der Waals surface area (Å²) in [5.41, 5.74) is 2.78. The van der Waals surface area contributed by atoms with Crippen LogP contribution in [-0.2, 0) is 9.53 Å². The Hall–Kier alpha value is -2.04. The van der Waals surface area contributed by atoms with E-state index >= 15 is 0 Å². The van der Waals surface area contributed by atoms with Crippen molar-refractivity contribution in [1.82, 2.24) is 5.32 Å². The Kier molecular flexibility index (Phi) is 4.05. The molecule has 5 nitrogen and oxygen atoms in total. The van der Waals surface area contributed by atoms with Crippen molar-refractivity contribution in [2.45, 2.75) is 51.1 Å². The molecule has 0 spiro atoms. The summed E-state index contributed by atoms with van der Waals surface area (Å²) in [6.07, 6.45) is 3.56. The van der Waals surface area contributed by atoms with Gasteiger partial charge in [0.2, 0.25) is 0 Å². The Labute approximate surface area is 130 Å². The van der Waals surface area contributed by atoms with Gasteiger partial charge in [0.1, 0.15) is 6.04 Å². The first-order valence-electron chi connectivity index (χ1n) is 7.98. The minimum Gasteiger partial charge on any atom is -0.464 e. The van der Waals surface area contributed by atoms with Crippen LogP contribution in [-0.4, -0.2) is 30.6 Å². The van der Waals surface area contributed by atoms with Crippen LogP contribution in [0.2, 0.25) is 0 Å². The highest BCUT2D eigenvalue weighted by Gasteiger charge is 2.37. The van der Waals surface area contributed by atoms with Gasteiger partial charge in [-0.2, -0.15) is 0 Å². The van der Waals surface area contributed by atoms with Crippen molar-refractivity contribution in [3.63, 3.8) is 0 Å². The molecule has 0 radical (unpaired) electrons. The predicted molar refractivity (Wildman–Crippen MR) is 84.0 cm³/mol. The number of amides is 1. The van der Waals surface area contributed by atoms with Gasteiger partial charge in [0, 0.05) is 12.0 Å². The zero-order valence-corrected chi connectivity index (χ0v) is 13.0. The Morgan fingerprint density at radius 2 is 2.23 bits per heavy atom. The van der Waals surface area contributed by atoms with E-state index in [1.165, 1.54) is 18.4 Å². The summed E-state index contributed by atoms with van der Waals surface area (Å²) in [4.78, 5) is 24.1. The number of esters is 1. The van der Waals surface area contributed by atoms with Crippen LogP contribution >= 0.6 is 0 Å². The molecule has 1 fully saturated rings. The Morgan fingerprint density at radius 1 is 1.41 bits per heavy atom. The normalized spacial score (nSPS) is 23.2. The maximum absolute atomic E-state index is 12.5. The maximum Gasteiger partial charge on any atom is 0.328 e. The number of para-hydroxylation sites is 1. The number of fused-ring (bicyclic) bond motifs is 3. The molecule has 1 aliphatic carbocycles. The highest BCUT2D eigenvalue weighted by molar-refractivity contribution is 6.02. The molecule has 0 bridgehead atoms. The van der Waals surface area contributed by atoms with Crippen molar-refractivity contribution in [1.29, 1.82) is 0 Å². The first-order valence-corrected chi connectivity index (χ1v) is 7.98. The van der Waals surface area contributed by atoms with Crippen LogP contribution in [0, 0.1) is 0 Å². The number of carbonyl (C=O) groups is 2. The highest BCUT2D eigenvalue weighted by Crippen LogP contribution is 2.46. The monoisotopic (exact) mass is 302 g/mol. The van der Waals surface area contributed by atoms with Crippen LogP contribution in [0.25, 0.3) is 0 Å². The lowest BCUT2D eigenvalue weighted by molar-refractivity contribution is -0.144. The molecule has 2 unspecified atom stereocenters. The quantitative estimate of drug-likeness (QED) is 0.838. The van der Waals surface area contributed by atoms with Gasteiger partial charge in [0.15, 0.2) is 0 Å². The summed E-state index contributed by atoms with van der Waals surface area (Å²) in [7, 11) is 0. The highest BCUT2D eigenvalue weighted by atomic mass is 16.5. The number of benzene rings is 1. The molecule has 5 heteroatoms. The zero-order valence-electron chi connectivity index (χ0n) is 13.0. The van der Waals surface area contributed by atoms with E-state index in [1.54, 1.807) is 19.9 Å². The Balaban J connectivity index is 1.77. The van der Waals surface area contributed by atoms with Gasteiger partial charge in [-0.1, -0.05) is 18.6 Å². The molecule has 118 valence electrons. The topological polar surface area (TPSA) is 67.4 Å². The summed E-state index contributed by atoms with van der Waals surface area (Å²) < 4.78 is 4.92. The van der Waals surface area contributed by atoms with Crippen molar-refractivity contribution in [2.24, 2.45) is 0 Å². The van der Waals surface area contributed by atoms with Gasteiger partial charge >= 0.3 is 5.97 Å². The van der Waals surface area contributed by atoms with E-state index in [4.69, 9.17) is 4.74 Å². The first-order chi connectivity index (χ1) is 10.6. The molecule has 22 heavy (non-hydrogen) atoms. The lowest BCUT2D eigenvalue weighted by atomic mass is 9.96. The zero-order chi connectivity index (χ0) is 15.7. The molecule has 1 heterocycles. The molecule has 3 atom stereocenters. The number of hydrogen-bond acceptors (Lipinski definition) is 4. The van der Waals surface area contributed by atoms with E-state index in [0.717, 1.165) is 12.1 Å². The van der Waals surface area contributed by atoms with Gasteiger partial charge in [0.25, 0.3) is 5.91 Å². The fourth-order valence-corrected chi connectivity index (χ4v) is 3.52. The van der Waals surface area contributed by atoms with Crippen molar-refractivity contribution in [3.05, 3.63) is 29.3 Å². The standard InChI is InChI=1S/C17H22N2O3/c1-3-22-17(21)10(2)18-16(20)13-8-4-7-12-11-6-5-9-14(11)19-15(12)13/h4,7-8,10-11,14,19H,3,5-6,9H2,1-2H3,(H,18,20)/t10-,11?,14?/m0/s1. The largest absolute Gasteiger partial charge is 0.464 e. The molecule has 1 amide bonds. The van der Waals surface area contributed by atoms with Gasteiger partial charge in [0.05, 0.1) is 17.9 Å². The summed E-state index contributed by atoms with van der Waals surface area (Å²) in [6, 6.07) is 5.63. The fraction of sp³-hybridized carbons (Fsp3) is 0.529. The van der Waals surface area contributed by atoms with E-state index in [0.29, 0.717) is 24.1 Å². The minimum absolute atomic E-state index is 0.232. The van der Waals surface area contributed by atoms with Crippen LogP contribution in [0.5, 0.6) is 0 Å². The van der Waals surface area contributed by atoms with Crippen LogP contribution in [0.4, 0.5) is 5.69 Å². The smallest absolute Gasteiger partial charge is 0.328 e. The Morgan fingerprint density at radius 3 is 3.00 bits per heavy atom. The maximum atomic E-state index is 12.5. The average molecular weight is 302 g/mol. The second-order valence-electron chi connectivity index (χ2n) is 6.01. The molecule has 0 aromatic heterocycles. The van der Waals surface area contributed by atoms with Gasteiger partial charge in [-0.15, -0.1) is 0 Å². The third-order valence-corrected chi connectivity index (χ3v) is 4.57. The van der Waals surface area contributed by atoms with Gasteiger partial charge in [-0.25, -0.2) is 4.79 Å². The number of nitrogens with one attached hydrogen (secondary N) is 2. The summed E-state index contributed by atoms with van der Waals surface area (Å²) in [6.45, 7) is 3.70. The third-order valence-electron chi connectivity index (χ3n) is 4.57. The second kappa shape index (κ2) is 5.99. The minimum atomic E-state index is -0.649. The molecule has 1 aromatic rings. The molecular weight excluding hydrogens is 280 g/mol. The van der Waals surface area contributed by atoms with Crippen molar-refractivity contribution < 1.29 is 14.3 Å². The average Bonchev–Trinajstić information content (AvgIpc) is 3.07. The van der Waals surface area contributed by atoms with Crippen molar-refractivity contribution in [2.75, 3.05) is 11.9 Å². The number of hydrogen-bond donors (Lipinski definition) is 2. The van der Waals surface area contributed by atoms with Crippen LogP contribution in [0.1, 0.15) is 54.9 Å². The van der Waals surface area contributed by atoms with Crippen molar-refractivity contribution >= 4 is 17.6 Å². The lowest BCUT2D eigenvalue weighted by Gasteiger charge is -2.15. The van der Waals surface area contributed by atoms with Crippen molar-refractivity contribution in [3.8, 4) is 0 Å². The summed E-state index contributed by atoms with van der Waals surface area (Å²) in [5.74, 6) is -0.122. The van der Waals surface area contributed by atoms with Gasteiger partial charge in [-0.3, -0.25) is 4.79 Å². The van der Waals surface area contributed by atoms with E-state index in [2.05, 4.69) is 16.7 Å². The molecule has 3 rings (SSSR count). The number of rotatable bonds is 4. The van der Waals surface area contributed by atoms with Crippen LogP contribution in [0.3, 0.4) is 0 Å². The van der Waals surface area contributed by atoms with Crippen LogP contribution in [0.15, 0.2) is 18.2 Å². The number of ether oxygens (including phenoxy) is 1. The molecule has 2 aliphatic rings. The summed E-state index contributed by atoms with van der Waals surface area (Å²) >= 11 is 0. The van der Waals surface area contributed by atoms with E-state index < -0.39 is 12.0 Å². The molecule has 1 aromatic carbocycles. The number of carbonyl (C=O) groups excluding carboxylic acids is 2. The van der Waals surface area contributed by atoms with Crippen LogP contribution < -0.4 is 10.6 Å². The van der Waals surface area contributed by atoms with E-state index in [1.807, 2.05) is 6.07 Å². The lowest BCUT2D eigenvalue weighted by Crippen LogP contribution is -2.39. The molecule has 0 saturated heterocycles. The number of anilines is 1. The Bertz CT molecular complexity index is 600. The molecule has 1 aliphatic heterocycles. The summed E-state index contributed by atoms with van der Waals surface area (Å²) in [5, 5.41) is 6.22.